The fourth-order valence-electron chi connectivity index (χ4n) is 3.34. The molecule has 0 aliphatic heterocycles. The Morgan fingerprint density at radius 3 is 2.45 bits per heavy atom. The topological polar surface area (TPSA) is 70.6 Å². The largest absolute Gasteiger partial charge is 0.416 e. The molecule has 0 heterocycles. The minimum Gasteiger partial charge on any atom is -0.356 e. The van der Waals surface area contributed by atoms with Gasteiger partial charge in [-0.2, -0.15) is 13.2 Å². The Kier molecular flexibility index (Phi) is 9.25. The molecular formula is C19H29F3IN3O2S. The molecule has 1 aromatic carbocycles. The molecule has 0 saturated heterocycles. The van der Waals surface area contributed by atoms with Crippen molar-refractivity contribution in [1.82, 2.24) is 10.6 Å². The van der Waals surface area contributed by atoms with Gasteiger partial charge in [0, 0.05) is 31.3 Å². The second-order valence-electron chi connectivity index (χ2n) is 7.60. The first kappa shape index (κ1) is 26.0. The maximum absolute atomic E-state index is 13.1. The molecule has 1 fully saturated rings. The van der Waals surface area contributed by atoms with Crippen LogP contribution in [0.1, 0.15) is 43.7 Å². The van der Waals surface area contributed by atoms with Crippen LogP contribution < -0.4 is 10.6 Å². The highest BCUT2D eigenvalue weighted by Gasteiger charge is 2.40. The van der Waals surface area contributed by atoms with E-state index in [0.29, 0.717) is 24.5 Å². The number of guanidine groups is 1. The van der Waals surface area contributed by atoms with Gasteiger partial charge in [0.05, 0.1) is 11.3 Å². The molecule has 2 rings (SSSR count). The molecule has 1 saturated carbocycles. The molecule has 2 N–H and O–H groups in total. The van der Waals surface area contributed by atoms with Crippen LogP contribution in [0.15, 0.2) is 29.3 Å². The molecular weight excluding hydrogens is 518 g/mol. The van der Waals surface area contributed by atoms with Crippen LogP contribution in [0.25, 0.3) is 0 Å². The van der Waals surface area contributed by atoms with Gasteiger partial charge in [-0.1, -0.05) is 24.6 Å². The van der Waals surface area contributed by atoms with Crippen LogP contribution in [0.5, 0.6) is 0 Å². The summed E-state index contributed by atoms with van der Waals surface area (Å²) in [6, 6.07) is 5.44. The van der Waals surface area contributed by atoms with Crippen LogP contribution in [0.4, 0.5) is 13.2 Å². The molecule has 1 atom stereocenters. The van der Waals surface area contributed by atoms with E-state index in [1.807, 2.05) is 6.92 Å². The van der Waals surface area contributed by atoms with Crippen LogP contribution in [0.2, 0.25) is 0 Å². The van der Waals surface area contributed by atoms with Crippen molar-refractivity contribution < 1.29 is 21.6 Å². The summed E-state index contributed by atoms with van der Waals surface area (Å²) in [6.45, 7) is 2.33. The Hall–Kier alpha value is -1.04. The standard InChI is InChI=1S/C19H28F3N3O2S.HI/c1-14(8-11-28(3,26)27)25-17(23-2)24-13-18(9-5-10-18)15-6-4-7-16(12-15)19(20,21)22;/h4,6-7,12,14H,5,8-11,13H2,1-3H3,(H2,23,24,25);1H. The van der Waals surface area contributed by atoms with E-state index >= 15 is 0 Å². The van der Waals surface area contributed by atoms with Gasteiger partial charge >= 0.3 is 6.18 Å². The van der Waals surface area contributed by atoms with Crippen LogP contribution in [0, 0.1) is 0 Å². The fraction of sp³-hybridized carbons (Fsp3) is 0.632. The molecule has 0 spiro atoms. The van der Waals surface area contributed by atoms with E-state index in [4.69, 9.17) is 0 Å². The Labute approximate surface area is 187 Å². The van der Waals surface area contributed by atoms with Crippen molar-refractivity contribution in [1.29, 1.82) is 0 Å². The van der Waals surface area contributed by atoms with Gasteiger partial charge < -0.3 is 10.6 Å². The van der Waals surface area contributed by atoms with Gasteiger partial charge in [-0.3, -0.25) is 4.99 Å². The van der Waals surface area contributed by atoms with Crippen molar-refractivity contribution in [3.8, 4) is 0 Å². The number of hydrogen-bond acceptors (Lipinski definition) is 3. The highest BCUT2D eigenvalue weighted by atomic mass is 127. The highest BCUT2D eigenvalue weighted by Crippen LogP contribution is 2.44. The van der Waals surface area contributed by atoms with E-state index in [9.17, 15) is 21.6 Å². The minimum atomic E-state index is -4.36. The third-order valence-corrected chi connectivity index (χ3v) is 6.21. The predicted octanol–water partition coefficient (Wildman–Crippen LogP) is 3.73. The Morgan fingerprint density at radius 2 is 1.97 bits per heavy atom. The molecule has 0 radical (unpaired) electrons. The summed E-state index contributed by atoms with van der Waals surface area (Å²) in [5.74, 6) is 0.589. The summed E-state index contributed by atoms with van der Waals surface area (Å²) in [4.78, 5) is 4.15. The number of nitrogens with one attached hydrogen (secondary N) is 2. The molecule has 166 valence electrons. The predicted molar refractivity (Wildman–Crippen MR) is 121 cm³/mol. The lowest BCUT2D eigenvalue weighted by Gasteiger charge is -2.43. The number of rotatable bonds is 7. The molecule has 10 heteroatoms. The van der Waals surface area contributed by atoms with Crippen molar-refractivity contribution in [3.63, 3.8) is 0 Å². The summed E-state index contributed by atoms with van der Waals surface area (Å²) in [5.41, 5.74) is -0.302. The number of sulfone groups is 1. The maximum atomic E-state index is 13.1. The van der Waals surface area contributed by atoms with Crippen molar-refractivity contribution in [2.75, 3.05) is 25.6 Å². The van der Waals surface area contributed by atoms with Crippen molar-refractivity contribution in [3.05, 3.63) is 35.4 Å². The van der Waals surface area contributed by atoms with Crippen molar-refractivity contribution in [2.24, 2.45) is 4.99 Å². The van der Waals surface area contributed by atoms with E-state index in [0.717, 1.165) is 25.3 Å². The molecule has 1 aliphatic rings. The lowest BCUT2D eigenvalue weighted by Crippen LogP contribution is -2.50. The Morgan fingerprint density at radius 1 is 1.31 bits per heavy atom. The zero-order valence-corrected chi connectivity index (χ0v) is 20.0. The second kappa shape index (κ2) is 10.3. The smallest absolute Gasteiger partial charge is 0.356 e. The van der Waals surface area contributed by atoms with E-state index < -0.39 is 21.6 Å². The van der Waals surface area contributed by atoms with Crippen molar-refractivity contribution in [2.45, 2.75) is 50.2 Å². The van der Waals surface area contributed by atoms with Gasteiger partial charge in [-0.05, 0) is 37.8 Å². The van der Waals surface area contributed by atoms with Crippen LogP contribution in [-0.4, -0.2) is 46.0 Å². The molecule has 1 aromatic rings. The van der Waals surface area contributed by atoms with Crippen molar-refractivity contribution >= 4 is 39.8 Å². The normalized spacial score (nSPS) is 17.7. The number of aliphatic imine (C=N–C) groups is 1. The summed E-state index contributed by atoms with van der Waals surface area (Å²) < 4.78 is 61.8. The first-order valence-corrected chi connectivity index (χ1v) is 11.3. The number of halogens is 4. The lowest BCUT2D eigenvalue weighted by atomic mass is 9.64. The molecule has 1 unspecified atom stereocenters. The van der Waals surface area contributed by atoms with Gasteiger partial charge in [0.1, 0.15) is 9.84 Å². The quantitative estimate of drug-likeness (QED) is 0.310. The van der Waals surface area contributed by atoms with Gasteiger partial charge in [-0.25, -0.2) is 8.42 Å². The van der Waals surface area contributed by atoms with Gasteiger partial charge in [0.25, 0.3) is 0 Å². The average molecular weight is 547 g/mol. The number of alkyl halides is 3. The molecule has 0 aromatic heterocycles. The fourth-order valence-corrected chi connectivity index (χ4v) is 4.12. The molecule has 1 aliphatic carbocycles. The third-order valence-electron chi connectivity index (χ3n) is 5.24. The number of hydrogen-bond donors (Lipinski definition) is 2. The van der Waals surface area contributed by atoms with E-state index in [1.54, 1.807) is 13.1 Å². The summed E-state index contributed by atoms with van der Waals surface area (Å²) in [5, 5.41) is 6.35. The number of nitrogens with zero attached hydrogens (tertiary/aromatic N) is 1. The van der Waals surface area contributed by atoms with Crippen LogP contribution >= 0.6 is 24.0 Å². The van der Waals surface area contributed by atoms with E-state index in [2.05, 4.69) is 15.6 Å². The van der Waals surface area contributed by atoms with E-state index in [-0.39, 0.29) is 41.2 Å². The highest BCUT2D eigenvalue weighted by molar-refractivity contribution is 14.0. The second-order valence-corrected chi connectivity index (χ2v) is 9.86. The number of benzene rings is 1. The third kappa shape index (κ3) is 7.62. The Balaban J connectivity index is 0.00000420. The SMILES string of the molecule is CN=C(NCC1(c2cccc(C(F)(F)F)c2)CCC1)NC(C)CCS(C)(=O)=O.I. The minimum absolute atomic E-state index is 0. The van der Waals surface area contributed by atoms with E-state index in [1.165, 1.54) is 18.4 Å². The van der Waals surface area contributed by atoms with Crippen LogP contribution in [-0.2, 0) is 21.4 Å². The van der Waals surface area contributed by atoms with Gasteiger partial charge in [0.2, 0.25) is 0 Å². The van der Waals surface area contributed by atoms with Gasteiger partial charge in [-0.15, -0.1) is 24.0 Å². The van der Waals surface area contributed by atoms with Gasteiger partial charge in [0.15, 0.2) is 5.96 Å². The molecule has 29 heavy (non-hydrogen) atoms. The zero-order chi connectivity index (χ0) is 21.0. The average Bonchev–Trinajstić information content (AvgIpc) is 2.57. The summed E-state index contributed by atoms with van der Waals surface area (Å²) >= 11 is 0. The molecule has 0 bridgehead atoms. The van der Waals surface area contributed by atoms with Crippen LogP contribution in [0.3, 0.4) is 0 Å². The monoisotopic (exact) mass is 547 g/mol. The molecule has 5 nitrogen and oxygen atoms in total. The molecule has 0 amide bonds. The first-order valence-electron chi connectivity index (χ1n) is 9.28. The summed E-state index contributed by atoms with van der Waals surface area (Å²) in [6.07, 6.45) is -0.139. The lowest BCUT2D eigenvalue weighted by molar-refractivity contribution is -0.137. The zero-order valence-electron chi connectivity index (χ0n) is 16.8. The Bertz CT molecular complexity index is 809. The first-order chi connectivity index (χ1) is 13.0. The summed E-state index contributed by atoms with van der Waals surface area (Å²) in [7, 11) is -1.43. The maximum Gasteiger partial charge on any atom is 0.416 e.